The third-order valence-corrected chi connectivity index (χ3v) is 4.18. The van der Waals surface area contributed by atoms with Gasteiger partial charge in [0, 0.05) is 11.6 Å². The Balaban J connectivity index is 1.80. The molecule has 1 aromatic carbocycles. The molecule has 1 saturated heterocycles. The molecule has 86 valence electrons. The van der Waals surface area contributed by atoms with E-state index in [9.17, 15) is 0 Å². The second-order valence-electron chi connectivity index (χ2n) is 3.69. The van der Waals surface area contributed by atoms with Crippen LogP contribution in [0.15, 0.2) is 18.2 Å². The van der Waals surface area contributed by atoms with Gasteiger partial charge in [-0.2, -0.15) is 0 Å². The lowest BCUT2D eigenvalue weighted by atomic mass is 10.2. The summed E-state index contributed by atoms with van der Waals surface area (Å²) >= 11 is 7.54. The summed E-state index contributed by atoms with van der Waals surface area (Å²) in [6.07, 6.45) is 0.155. The third kappa shape index (κ3) is 1.85. The molecule has 2 atom stereocenters. The summed E-state index contributed by atoms with van der Waals surface area (Å²) in [5.74, 6) is 3.10. The van der Waals surface area contributed by atoms with Crippen LogP contribution in [0.2, 0.25) is 0 Å². The van der Waals surface area contributed by atoms with Crippen LogP contribution in [0.1, 0.15) is 11.0 Å². The predicted octanol–water partition coefficient (Wildman–Crippen LogP) is 2.78. The molecule has 3 nitrogen and oxygen atoms in total. The second-order valence-corrected chi connectivity index (χ2v) is 5.09. The van der Waals surface area contributed by atoms with Gasteiger partial charge in [0.1, 0.15) is 5.44 Å². The van der Waals surface area contributed by atoms with Gasteiger partial charge in [0.2, 0.25) is 6.79 Å². The van der Waals surface area contributed by atoms with Crippen LogP contribution in [-0.2, 0) is 4.74 Å². The molecule has 0 aromatic heterocycles. The number of rotatable bonds is 2. The van der Waals surface area contributed by atoms with E-state index >= 15 is 0 Å². The maximum Gasteiger partial charge on any atom is 0.231 e. The van der Waals surface area contributed by atoms with Crippen molar-refractivity contribution < 1.29 is 14.2 Å². The van der Waals surface area contributed by atoms with Crippen molar-refractivity contribution >= 4 is 23.4 Å². The van der Waals surface area contributed by atoms with Gasteiger partial charge in [0.25, 0.3) is 0 Å². The zero-order valence-corrected chi connectivity index (χ0v) is 10.1. The van der Waals surface area contributed by atoms with Crippen LogP contribution < -0.4 is 9.47 Å². The topological polar surface area (TPSA) is 27.7 Å². The molecule has 0 bridgehead atoms. The lowest BCUT2D eigenvalue weighted by molar-refractivity contribution is 0.0809. The summed E-state index contributed by atoms with van der Waals surface area (Å²) in [7, 11) is 0. The Morgan fingerprint density at radius 1 is 1.31 bits per heavy atom. The first-order valence-electron chi connectivity index (χ1n) is 5.09. The summed E-state index contributed by atoms with van der Waals surface area (Å²) < 4.78 is 16.4. The fourth-order valence-corrected chi connectivity index (χ4v) is 3.24. The van der Waals surface area contributed by atoms with Gasteiger partial charge in [0.15, 0.2) is 11.5 Å². The van der Waals surface area contributed by atoms with Crippen molar-refractivity contribution in [1.29, 1.82) is 0 Å². The van der Waals surface area contributed by atoms with Crippen molar-refractivity contribution in [3.63, 3.8) is 0 Å². The van der Waals surface area contributed by atoms with Crippen LogP contribution in [0.25, 0.3) is 0 Å². The van der Waals surface area contributed by atoms with Gasteiger partial charge in [-0.3, -0.25) is 0 Å². The van der Waals surface area contributed by atoms with E-state index in [1.54, 1.807) is 11.8 Å². The molecule has 1 fully saturated rings. The van der Waals surface area contributed by atoms with Crippen LogP contribution >= 0.6 is 23.4 Å². The SMILES string of the molecule is ClC[C@H]1CS[C@@H](c2ccc3c(c2)OCO3)O1. The molecule has 2 aliphatic rings. The average molecular weight is 259 g/mol. The standard InChI is InChI=1S/C11H11ClO3S/c12-4-8-5-16-11(15-8)7-1-2-9-10(3-7)14-6-13-9/h1-3,8,11H,4-6H2/t8-,11-/m0/s1. The molecular weight excluding hydrogens is 248 g/mol. The smallest absolute Gasteiger partial charge is 0.231 e. The van der Waals surface area contributed by atoms with Gasteiger partial charge in [-0.1, -0.05) is 6.07 Å². The van der Waals surface area contributed by atoms with Crippen molar-refractivity contribution in [3.05, 3.63) is 23.8 Å². The fourth-order valence-electron chi connectivity index (χ4n) is 1.76. The monoisotopic (exact) mass is 258 g/mol. The number of thioether (sulfide) groups is 1. The number of ether oxygens (including phenoxy) is 3. The highest BCUT2D eigenvalue weighted by molar-refractivity contribution is 7.99. The molecule has 0 spiro atoms. The minimum Gasteiger partial charge on any atom is -0.454 e. The predicted molar refractivity (Wildman–Crippen MR) is 63.4 cm³/mol. The highest BCUT2D eigenvalue weighted by atomic mass is 35.5. The van der Waals surface area contributed by atoms with E-state index in [2.05, 4.69) is 0 Å². The quantitative estimate of drug-likeness (QED) is 0.763. The van der Waals surface area contributed by atoms with E-state index in [-0.39, 0.29) is 11.5 Å². The Labute approximate surface area is 103 Å². The molecule has 0 amide bonds. The van der Waals surface area contributed by atoms with Crippen molar-refractivity contribution in [1.82, 2.24) is 0 Å². The first-order chi connectivity index (χ1) is 7.86. The van der Waals surface area contributed by atoms with Crippen molar-refractivity contribution in [2.24, 2.45) is 0 Å². The van der Waals surface area contributed by atoms with E-state index < -0.39 is 0 Å². The molecule has 0 N–H and O–H groups in total. The fraction of sp³-hybridized carbons (Fsp3) is 0.455. The van der Waals surface area contributed by atoms with E-state index in [1.165, 1.54) is 0 Å². The zero-order chi connectivity index (χ0) is 11.0. The molecule has 0 aliphatic carbocycles. The number of fused-ring (bicyclic) bond motifs is 1. The summed E-state index contributed by atoms with van der Waals surface area (Å²) in [6.45, 7) is 0.307. The van der Waals surface area contributed by atoms with E-state index in [1.807, 2.05) is 18.2 Å². The normalized spacial score (nSPS) is 27.3. The third-order valence-electron chi connectivity index (χ3n) is 2.59. The maximum atomic E-state index is 5.79. The van der Waals surface area contributed by atoms with Crippen LogP contribution in [0.4, 0.5) is 0 Å². The van der Waals surface area contributed by atoms with Crippen LogP contribution in [0, 0.1) is 0 Å². The zero-order valence-electron chi connectivity index (χ0n) is 8.52. The van der Waals surface area contributed by atoms with E-state index in [0.717, 1.165) is 22.8 Å². The summed E-state index contributed by atoms with van der Waals surface area (Å²) in [5, 5.41) is 0. The van der Waals surface area contributed by atoms with Crippen molar-refractivity contribution in [2.75, 3.05) is 18.4 Å². The largest absolute Gasteiger partial charge is 0.454 e. The van der Waals surface area contributed by atoms with E-state index in [4.69, 9.17) is 25.8 Å². The molecule has 16 heavy (non-hydrogen) atoms. The molecule has 0 unspecified atom stereocenters. The van der Waals surface area contributed by atoms with Crippen LogP contribution in [-0.4, -0.2) is 24.5 Å². The van der Waals surface area contributed by atoms with Gasteiger partial charge >= 0.3 is 0 Å². The molecule has 0 radical (unpaired) electrons. The lowest BCUT2D eigenvalue weighted by Crippen LogP contribution is -2.10. The number of hydrogen-bond acceptors (Lipinski definition) is 4. The molecule has 3 rings (SSSR count). The highest BCUT2D eigenvalue weighted by Gasteiger charge is 2.27. The Kier molecular flexibility index (Phi) is 2.88. The highest BCUT2D eigenvalue weighted by Crippen LogP contribution is 2.42. The minimum atomic E-state index is 0.0678. The lowest BCUT2D eigenvalue weighted by Gasteiger charge is -2.11. The summed E-state index contributed by atoms with van der Waals surface area (Å²) in [6, 6.07) is 5.92. The molecule has 2 heterocycles. The molecule has 1 aromatic rings. The van der Waals surface area contributed by atoms with Crippen LogP contribution in [0.3, 0.4) is 0 Å². The maximum absolute atomic E-state index is 5.79. The van der Waals surface area contributed by atoms with Gasteiger partial charge in [-0.15, -0.1) is 23.4 Å². The van der Waals surface area contributed by atoms with Gasteiger partial charge in [-0.25, -0.2) is 0 Å². The molecule has 0 saturated carbocycles. The second kappa shape index (κ2) is 4.35. The van der Waals surface area contributed by atoms with Gasteiger partial charge in [-0.05, 0) is 17.7 Å². The molecular formula is C11H11ClO3S. The number of alkyl halides is 1. The number of halogens is 1. The van der Waals surface area contributed by atoms with Crippen molar-refractivity contribution in [2.45, 2.75) is 11.5 Å². The van der Waals surface area contributed by atoms with Crippen molar-refractivity contribution in [3.8, 4) is 11.5 Å². The van der Waals surface area contributed by atoms with Gasteiger partial charge in [0.05, 0.1) is 6.10 Å². The molecule has 2 aliphatic heterocycles. The Morgan fingerprint density at radius 2 is 2.19 bits per heavy atom. The Hall–Kier alpha value is -0.580. The first-order valence-corrected chi connectivity index (χ1v) is 6.68. The van der Waals surface area contributed by atoms with Crippen LogP contribution in [0.5, 0.6) is 11.5 Å². The average Bonchev–Trinajstić information content (AvgIpc) is 2.96. The summed E-state index contributed by atoms with van der Waals surface area (Å²) in [4.78, 5) is 0. The first kappa shape index (κ1) is 10.6. The Bertz CT molecular complexity index is 399. The number of hydrogen-bond donors (Lipinski definition) is 0. The van der Waals surface area contributed by atoms with E-state index in [0.29, 0.717) is 12.7 Å². The summed E-state index contributed by atoms with van der Waals surface area (Å²) in [5.41, 5.74) is 1.18. The molecule has 5 heteroatoms. The van der Waals surface area contributed by atoms with Gasteiger partial charge < -0.3 is 14.2 Å². The minimum absolute atomic E-state index is 0.0678. The Morgan fingerprint density at radius 3 is 3.00 bits per heavy atom. The number of benzene rings is 1.